The molecule has 292 valence electrons. The molecule has 3 aromatic heterocycles. The molecule has 0 unspecified atom stereocenters. The Hall–Kier alpha value is -8.27. The first-order valence-corrected chi connectivity index (χ1v) is 21.6. The van der Waals surface area contributed by atoms with Crippen molar-refractivity contribution in [2.24, 2.45) is 0 Å². The molecule has 0 amide bonds. The fraction of sp³-hybridized carbons (Fsp3) is 0.0167. The lowest BCUT2D eigenvalue weighted by Gasteiger charge is -2.34. The second-order valence-electron chi connectivity index (χ2n) is 16.6. The van der Waals surface area contributed by atoms with Gasteiger partial charge in [0.1, 0.15) is 0 Å². The van der Waals surface area contributed by atoms with Gasteiger partial charge in [0.15, 0.2) is 0 Å². The van der Waals surface area contributed by atoms with Crippen LogP contribution in [0.1, 0.15) is 22.3 Å². The monoisotopic (exact) mass is 799 g/mol. The van der Waals surface area contributed by atoms with Crippen LogP contribution in [-0.4, -0.2) is 15.0 Å². The second-order valence-corrected chi connectivity index (χ2v) is 16.6. The third-order valence-corrected chi connectivity index (χ3v) is 13.4. The summed E-state index contributed by atoms with van der Waals surface area (Å²) < 4.78 is 0. The lowest BCUT2D eigenvalue weighted by molar-refractivity contribution is 0.769. The molecule has 0 spiro atoms. The molecule has 0 radical (unpaired) electrons. The molecule has 1 aliphatic carbocycles. The molecule has 0 N–H and O–H groups in total. The van der Waals surface area contributed by atoms with Crippen LogP contribution in [0.3, 0.4) is 0 Å². The first-order chi connectivity index (χ1) is 31.3. The zero-order chi connectivity index (χ0) is 41.5. The molecule has 0 aliphatic heterocycles. The fourth-order valence-electron chi connectivity index (χ4n) is 10.7. The quantitative estimate of drug-likeness (QED) is 0.163. The van der Waals surface area contributed by atoms with Crippen molar-refractivity contribution >= 4 is 54.3 Å². The number of pyridine rings is 3. The van der Waals surface area contributed by atoms with E-state index in [-0.39, 0.29) is 0 Å². The molecule has 9 aromatic carbocycles. The van der Waals surface area contributed by atoms with Gasteiger partial charge in [-0.25, -0.2) is 4.98 Å². The second kappa shape index (κ2) is 13.9. The average Bonchev–Trinajstić information content (AvgIpc) is 3.65. The van der Waals surface area contributed by atoms with Crippen molar-refractivity contribution in [2.45, 2.75) is 5.41 Å². The number of nitrogens with zero attached hydrogens (tertiary/aromatic N) is 3. The summed E-state index contributed by atoms with van der Waals surface area (Å²) in [7, 11) is 0. The molecule has 63 heavy (non-hydrogen) atoms. The third kappa shape index (κ3) is 5.23. The van der Waals surface area contributed by atoms with E-state index >= 15 is 0 Å². The van der Waals surface area contributed by atoms with Crippen LogP contribution in [0.2, 0.25) is 0 Å². The highest BCUT2D eigenvalue weighted by Gasteiger charge is 2.46. The molecule has 0 saturated heterocycles. The number of hydrogen-bond donors (Lipinski definition) is 0. The minimum Gasteiger partial charge on any atom is -0.254 e. The molecule has 0 atom stereocenters. The Morgan fingerprint density at radius 1 is 0.317 bits per heavy atom. The summed E-state index contributed by atoms with van der Waals surface area (Å²) in [5.74, 6) is 0. The van der Waals surface area contributed by atoms with Gasteiger partial charge in [-0.3, -0.25) is 9.97 Å². The average molecular weight is 800 g/mol. The Balaban J connectivity index is 1.03. The maximum absolute atomic E-state index is 5.50. The Bertz CT molecular complexity index is 3760. The van der Waals surface area contributed by atoms with E-state index in [1.165, 1.54) is 60.7 Å². The van der Waals surface area contributed by atoms with Crippen molar-refractivity contribution in [1.82, 2.24) is 15.0 Å². The van der Waals surface area contributed by atoms with Gasteiger partial charge >= 0.3 is 0 Å². The van der Waals surface area contributed by atoms with Crippen LogP contribution in [0, 0.1) is 0 Å². The predicted octanol–water partition coefficient (Wildman–Crippen LogP) is 15.0. The number of fused-ring (bicyclic) bond motifs is 10. The lowest BCUT2D eigenvalue weighted by Crippen LogP contribution is -2.28. The van der Waals surface area contributed by atoms with Crippen LogP contribution in [0.5, 0.6) is 0 Å². The van der Waals surface area contributed by atoms with Gasteiger partial charge in [0.05, 0.1) is 27.7 Å². The van der Waals surface area contributed by atoms with Crippen LogP contribution in [0.25, 0.3) is 98.9 Å². The highest BCUT2D eigenvalue weighted by molar-refractivity contribution is 6.16. The smallest absolute Gasteiger partial charge is 0.0970 e. The summed E-state index contributed by atoms with van der Waals surface area (Å²) in [6.07, 6.45) is 3.70. The summed E-state index contributed by atoms with van der Waals surface area (Å²) in [5, 5.41) is 8.05. The van der Waals surface area contributed by atoms with Crippen LogP contribution >= 0.6 is 0 Å². The van der Waals surface area contributed by atoms with E-state index in [0.29, 0.717) is 0 Å². The zero-order valence-electron chi connectivity index (χ0n) is 34.2. The van der Waals surface area contributed by atoms with Crippen LogP contribution < -0.4 is 0 Å². The molecule has 3 nitrogen and oxygen atoms in total. The van der Waals surface area contributed by atoms with Crippen molar-refractivity contribution in [2.75, 3.05) is 0 Å². The van der Waals surface area contributed by atoms with Gasteiger partial charge in [0, 0.05) is 39.5 Å². The Labute approximate surface area is 364 Å². The summed E-state index contributed by atoms with van der Waals surface area (Å²) in [4.78, 5) is 15.0. The molecule has 0 bridgehead atoms. The number of rotatable bonds is 5. The molecule has 12 aromatic rings. The summed E-state index contributed by atoms with van der Waals surface area (Å²) >= 11 is 0. The maximum Gasteiger partial charge on any atom is 0.0970 e. The van der Waals surface area contributed by atoms with E-state index in [0.717, 1.165) is 60.5 Å². The normalized spacial score (nSPS) is 12.9. The first-order valence-electron chi connectivity index (χ1n) is 21.6. The van der Waals surface area contributed by atoms with Crippen molar-refractivity contribution in [3.63, 3.8) is 0 Å². The van der Waals surface area contributed by atoms with E-state index in [4.69, 9.17) is 15.0 Å². The standard InChI is InChI=1S/C60H37N3/c1-3-19-41(20-4-1)60(42-21-5-2-6-22-42)54-28-11-9-25-47(54)52-36-53-51(37-55(52)60)48-26-10-12-29-56(48)63-57(53)39-17-13-16-38(34-39)43-30-31-46(45-24-8-7-23-44(43)45)50-35-40-18-14-32-61-58(40)59-49(50)27-15-33-62-59/h1-37H. The molecular formula is C60H37N3. The number of aromatic nitrogens is 3. The van der Waals surface area contributed by atoms with Gasteiger partial charge in [0.2, 0.25) is 0 Å². The Morgan fingerprint density at radius 3 is 1.76 bits per heavy atom. The minimum atomic E-state index is -0.493. The third-order valence-electron chi connectivity index (χ3n) is 13.4. The van der Waals surface area contributed by atoms with Gasteiger partial charge < -0.3 is 0 Å². The van der Waals surface area contributed by atoms with Crippen molar-refractivity contribution in [3.8, 4) is 44.6 Å². The summed E-state index contributed by atoms with van der Waals surface area (Å²) in [5.41, 5.74) is 16.6. The van der Waals surface area contributed by atoms with Gasteiger partial charge in [-0.1, -0.05) is 170 Å². The number of para-hydroxylation sites is 1. The number of benzene rings is 9. The summed E-state index contributed by atoms with van der Waals surface area (Å²) in [6, 6.07) is 77.5. The fourth-order valence-corrected chi connectivity index (χ4v) is 10.7. The van der Waals surface area contributed by atoms with Gasteiger partial charge in [0.25, 0.3) is 0 Å². The maximum atomic E-state index is 5.50. The van der Waals surface area contributed by atoms with E-state index < -0.39 is 5.41 Å². The van der Waals surface area contributed by atoms with E-state index in [2.05, 4.69) is 200 Å². The van der Waals surface area contributed by atoms with Crippen LogP contribution in [0.15, 0.2) is 225 Å². The van der Waals surface area contributed by atoms with Gasteiger partial charge in [-0.15, -0.1) is 0 Å². The highest BCUT2D eigenvalue weighted by Crippen LogP contribution is 2.57. The molecule has 0 saturated carbocycles. The number of hydrogen-bond acceptors (Lipinski definition) is 3. The van der Waals surface area contributed by atoms with E-state index in [1.807, 2.05) is 24.5 Å². The van der Waals surface area contributed by atoms with Gasteiger partial charge in [-0.2, -0.15) is 0 Å². The Morgan fingerprint density at radius 2 is 0.952 bits per heavy atom. The molecular weight excluding hydrogens is 763 g/mol. The van der Waals surface area contributed by atoms with E-state index in [1.54, 1.807) is 0 Å². The Kier molecular flexibility index (Phi) is 7.82. The molecule has 3 heteroatoms. The zero-order valence-corrected chi connectivity index (χ0v) is 34.2. The van der Waals surface area contributed by atoms with Gasteiger partial charge in [-0.05, 0) is 114 Å². The molecule has 1 aliphatic rings. The van der Waals surface area contributed by atoms with Crippen molar-refractivity contribution < 1.29 is 0 Å². The van der Waals surface area contributed by atoms with E-state index in [9.17, 15) is 0 Å². The largest absolute Gasteiger partial charge is 0.254 e. The SMILES string of the molecule is c1ccc(C2(c3ccccc3)c3ccccc3-c3cc4c(-c5cccc(-c6ccc(-c7cc8cccnc8c8ncccc78)c7ccccc67)c5)nc5ccccc5c4cc32)cc1. The minimum absolute atomic E-state index is 0.493. The highest BCUT2D eigenvalue weighted by atomic mass is 14.7. The first kappa shape index (κ1) is 35.5. The van der Waals surface area contributed by atoms with Crippen LogP contribution in [-0.2, 0) is 5.41 Å². The predicted molar refractivity (Wildman–Crippen MR) is 261 cm³/mol. The van der Waals surface area contributed by atoms with Crippen molar-refractivity contribution in [3.05, 3.63) is 247 Å². The summed E-state index contributed by atoms with van der Waals surface area (Å²) in [6.45, 7) is 0. The lowest BCUT2D eigenvalue weighted by atomic mass is 9.67. The van der Waals surface area contributed by atoms with Crippen molar-refractivity contribution in [1.29, 1.82) is 0 Å². The topological polar surface area (TPSA) is 38.7 Å². The molecule has 0 fully saturated rings. The molecule has 13 rings (SSSR count). The van der Waals surface area contributed by atoms with Crippen LogP contribution in [0.4, 0.5) is 0 Å². The molecule has 3 heterocycles.